The van der Waals surface area contributed by atoms with Gasteiger partial charge in [0, 0.05) is 21.9 Å². The van der Waals surface area contributed by atoms with Crippen molar-refractivity contribution >= 4 is 27.4 Å². The smallest absolute Gasteiger partial charge is 0.128 e. The van der Waals surface area contributed by atoms with E-state index < -0.39 is 0 Å². The van der Waals surface area contributed by atoms with Crippen LogP contribution in [0.3, 0.4) is 0 Å². The maximum Gasteiger partial charge on any atom is 0.128 e. The fourth-order valence-corrected chi connectivity index (χ4v) is 2.20. The molecule has 6 heteroatoms. The molecule has 7 N–H and O–H groups in total. The zero-order valence-corrected chi connectivity index (χ0v) is 11.2. The molecule has 0 amide bonds. The minimum Gasteiger partial charge on any atom is -0.398 e. The molecule has 1 atom stereocenters. The van der Waals surface area contributed by atoms with E-state index in [9.17, 15) is 0 Å². The summed E-state index contributed by atoms with van der Waals surface area (Å²) in [6, 6.07) is 8.98. The number of nitrogens with two attached hydrogens (primary N) is 3. The van der Waals surface area contributed by atoms with Crippen molar-refractivity contribution in [3.63, 3.8) is 0 Å². The average molecular weight is 308 g/mol. The number of nitrogen functional groups attached to an aromatic ring is 2. The summed E-state index contributed by atoms with van der Waals surface area (Å²) in [5.74, 6) is 6.05. The molecule has 2 rings (SSSR count). The van der Waals surface area contributed by atoms with Crippen molar-refractivity contribution in [1.82, 2.24) is 10.4 Å². The molecule has 0 bridgehead atoms. The summed E-state index contributed by atoms with van der Waals surface area (Å²) in [5.41, 5.74) is 16.9. The van der Waals surface area contributed by atoms with Crippen LogP contribution in [0, 0.1) is 0 Å². The van der Waals surface area contributed by atoms with Gasteiger partial charge in [-0.25, -0.2) is 10.4 Å². The number of hydrazine groups is 1. The lowest BCUT2D eigenvalue weighted by Gasteiger charge is -2.20. The zero-order valence-electron chi connectivity index (χ0n) is 9.60. The molecule has 0 fully saturated rings. The summed E-state index contributed by atoms with van der Waals surface area (Å²) >= 11 is 3.41. The summed E-state index contributed by atoms with van der Waals surface area (Å²) < 4.78 is 0.925. The van der Waals surface area contributed by atoms with Gasteiger partial charge in [0.15, 0.2) is 0 Å². The van der Waals surface area contributed by atoms with Crippen LogP contribution in [0.5, 0.6) is 0 Å². The Hall–Kier alpha value is -1.63. The van der Waals surface area contributed by atoms with Gasteiger partial charge in [0.2, 0.25) is 0 Å². The van der Waals surface area contributed by atoms with Crippen molar-refractivity contribution in [1.29, 1.82) is 0 Å². The largest absolute Gasteiger partial charge is 0.398 e. The molecule has 1 aromatic carbocycles. The number of benzene rings is 1. The summed E-state index contributed by atoms with van der Waals surface area (Å²) in [6.45, 7) is 0. The number of halogens is 1. The van der Waals surface area contributed by atoms with Gasteiger partial charge in [-0.3, -0.25) is 5.84 Å². The Bertz CT molecular complexity index is 558. The summed E-state index contributed by atoms with van der Waals surface area (Å²) in [4.78, 5) is 4.06. The molecule has 18 heavy (non-hydrogen) atoms. The minimum atomic E-state index is -0.295. The van der Waals surface area contributed by atoms with Crippen LogP contribution in [-0.2, 0) is 0 Å². The Balaban J connectivity index is 2.52. The fourth-order valence-electron chi connectivity index (χ4n) is 1.82. The van der Waals surface area contributed by atoms with E-state index in [4.69, 9.17) is 17.3 Å². The quantitative estimate of drug-likeness (QED) is 0.391. The molecule has 0 spiro atoms. The molecule has 0 radical (unpaired) electrons. The summed E-state index contributed by atoms with van der Waals surface area (Å²) in [7, 11) is 0. The molecule has 1 heterocycles. The van der Waals surface area contributed by atoms with Crippen LogP contribution in [-0.4, -0.2) is 4.98 Å². The highest BCUT2D eigenvalue weighted by Crippen LogP contribution is 2.30. The lowest BCUT2D eigenvalue weighted by atomic mass is 9.98. The third-order valence-electron chi connectivity index (χ3n) is 2.71. The van der Waals surface area contributed by atoms with E-state index in [2.05, 4.69) is 26.3 Å². The minimum absolute atomic E-state index is 0.295. The predicted octanol–water partition coefficient (Wildman–Crippen LogP) is 1.56. The van der Waals surface area contributed by atoms with Gasteiger partial charge in [-0.05, 0) is 29.8 Å². The molecule has 2 aromatic rings. The standard InChI is InChI=1S/C12H14BrN5/c13-7-3-4-10(14)9(6-7)11(18-16)8-2-1-5-17-12(8)15/h1-6,11,18H,14,16H2,(H2,15,17). The van der Waals surface area contributed by atoms with Gasteiger partial charge in [-0.1, -0.05) is 22.0 Å². The molecule has 0 saturated carbocycles. The van der Waals surface area contributed by atoms with Gasteiger partial charge in [-0.15, -0.1) is 0 Å². The monoisotopic (exact) mass is 307 g/mol. The van der Waals surface area contributed by atoms with Crippen LogP contribution < -0.4 is 22.7 Å². The van der Waals surface area contributed by atoms with Crippen molar-refractivity contribution in [3.05, 3.63) is 52.1 Å². The predicted molar refractivity (Wildman–Crippen MR) is 76.4 cm³/mol. The first kappa shape index (κ1) is 12.8. The number of hydrogen-bond acceptors (Lipinski definition) is 5. The fraction of sp³-hybridized carbons (Fsp3) is 0.0833. The van der Waals surface area contributed by atoms with Crippen molar-refractivity contribution in [2.75, 3.05) is 11.5 Å². The van der Waals surface area contributed by atoms with Gasteiger partial charge in [0.05, 0.1) is 6.04 Å². The Labute approximate surface area is 113 Å². The molecular formula is C12H14BrN5. The van der Waals surface area contributed by atoms with E-state index >= 15 is 0 Å². The molecule has 0 aliphatic heterocycles. The lowest BCUT2D eigenvalue weighted by molar-refractivity contribution is 0.638. The SMILES string of the molecule is NNC(c1cc(Br)ccc1N)c1cccnc1N. The van der Waals surface area contributed by atoms with Gasteiger partial charge >= 0.3 is 0 Å². The first-order valence-corrected chi connectivity index (χ1v) is 6.14. The van der Waals surface area contributed by atoms with E-state index in [1.165, 1.54) is 0 Å². The first-order chi connectivity index (χ1) is 8.63. The number of nitrogens with one attached hydrogen (secondary N) is 1. The number of pyridine rings is 1. The van der Waals surface area contributed by atoms with E-state index in [1.54, 1.807) is 6.20 Å². The molecule has 94 valence electrons. The molecule has 5 nitrogen and oxygen atoms in total. The molecule has 1 aromatic heterocycles. The van der Waals surface area contributed by atoms with Crippen molar-refractivity contribution in [3.8, 4) is 0 Å². The third kappa shape index (κ3) is 2.45. The van der Waals surface area contributed by atoms with Crippen LogP contribution in [0.25, 0.3) is 0 Å². The number of aromatic nitrogens is 1. The number of nitrogens with zero attached hydrogens (tertiary/aromatic N) is 1. The van der Waals surface area contributed by atoms with Gasteiger partial charge < -0.3 is 11.5 Å². The Morgan fingerprint density at radius 2 is 1.94 bits per heavy atom. The Morgan fingerprint density at radius 3 is 2.61 bits per heavy atom. The van der Waals surface area contributed by atoms with Gasteiger partial charge in [0.1, 0.15) is 5.82 Å². The number of hydrogen-bond donors (Lipinski definition) is 4. The molecule has 0 aliphatic rings. The van der Waals surface area contributed by atoms with Gasteiger partial charge in [0.25, 0.3) is 0 Å². The van der Waals surface area contributed by atoms with Crippen molar-refractivity contribution < 1.29 is 0 Å². The maximum atomic E-state index is 5.98. The van der Waals surface area contributed by atoms with E-state index in [0.29, 0.717) is 11.5 Å². The van der Waals surface area contributed by atoms with Crippen LogP contribution in [0.1, 0.15) is 17.2 Å². The molecule has 0 saturated heterocycles. The highest BCUT2D eigenvalue weighted by atomic mass is 79.9. The third-order valence-corrected chi connectivity index (χ3v) is 3.20. The zero-order chi connectivity index (χ0) is 13.1. The van der Waals surface area contributed by atoms with Crippen molar-refractivity contribution in [2.24, 2.45) is 5.84 Å². The van der Waals surface area contributed by atoms with Crippen LogP contribution in [0.2, 0.25) is 0 Å². The van der Waals surface area contributed by atoms with Crippen LogP contribution >= 0.6 is 15.9 Å². The van der Waals surface area contributed by atoms with Crippen LogP contribution in [0.15, 0.2) is 41.0 Å². The summed E-state index contributed by atoms with van der Waals surface area (Å²) in [6.07, 6.45) is 1.64. The van der Waals surface area contributed by atoms with Crippen LogP contribution in [0.4, 0.5) is 11.5 Å². The highest BCUT2D eigenvalue weighted by molar-refractivity contribution is 9.10. The van der Waals surface area contributed by atoms with Crippen molar-refractivity contribution in [2.45, 2.75) is 6.04 Å². The second-order valence-electron chi connectivity index (χ2n) is 3.85. The van der Waals surface area contributed by atoms with E-state index in [1.807, 2.05) is 30.3 Å². The Morgan fingerprint density at radius 1 is 1.17 bits per heavy atom. The van der Waals surface area contributed by atoms with Gasteiger partial charge in [-0.2, -0.15) is 0 Å². The normalized spacial score (nSPS) is 12.3. The second kappa shape index (κ2) is 5.34. The molecule has 1 unspecified atom stereocenters. The topological polar surface area (TPSA) is 103 Å². The summed E-state index contributed by atoms with van der Waals surface area (Å²) in [5, 5.41) is 0. The average Bonchev–Trinajstić information content (AvgIpc) is 2.36. The number of anilines is 2. The Kier molecular flexibility index (Phi) is 3.81. The van der Waals surface area contributed by atoms with E-state index in [-0.39, 0.29) is 6.04 Å². The highest BCUT2D eigenvalue weighted by Gasteiger charge is 2.18. The molecule has 0 aliphatic carbocycles. The second-order valence-corrected chi connectivity index (χ2v) is 4.77. The number of rotatable bonds is 3. The maximum absolute atomic E-state index is 5.98. The lowest BCUT2D eigenvalue weighted by Crippen LogP contribution is -2.30. The van der Waals surface area contributed by atoms with E-state index in [0.717, 1.165) is 15.6 Å². The molecular weight excluding hydrogens is 294 g/mol. The first-order valence-electron chi connectivity index (χ1n) is 5.35.